The number of nitrogens with one attached hydrogen (secondary N) is 2. The van der Waals surface area contributed by atoms with Gasteiger partial charge in [0.2, 0.25) is 5.91 Å². The van der Waals surface area contributed by atoms with Crippen LogP contribution in [-0.4, -0.2) is 71.5 Å². The number of rotatable bonds is 12. The molecule has 3 aromatic rings. The largest absolute Gasteiger partial charge is 0.494 e. The van der Waals surface area contributed by atoms with Gasteiger partial charge in [0.15, 0.2) is 5.75 Å². The van der Waals surface area contributed by atoms with E-state index in [0.29, 0.717) is 49.3 Å². The Morgan fingerprint density at radius 1 is 1.16 bits per heavy atom. The first-order chi connectivity index (χ1) is 17.7. The fourth-order valence-corrected chi connectivity index (χ4v) is 3.86. The summed E-state index contributed by atoms with van der Waals surface area (Å²) < 4.78 is 5.28. The van der Waals surface area contributed by atoms with E-state index >= 15 is 0 Å². The van der Waals surface area contributed by atoms with Crippen LogP contribution < -0.4 is 21.1 Å². The number of anilines is 2. The number of methoxy groups -OCH3 is 1. The number of primary amides is 1. The highest BCUT2D eigenvalue weighted by molar-refractivity contribution is 5.92. The fraction of sp³-hybridized carbons (Fsp3) is 0.407. The van der Waals surface area contributed by atoms with Crippen LogP contribution in [0.4, 0.5) is 16.3 Å². The molecule has 0 spiro atoms. The maximum atomic E-state index is 12.8. The Morgan fingerprint density at radius 3 is 2.59 bits per heavy atom. The first-order valence-corrected chi connectivity index (χ1v) is 12.3. The van der Waals surface area contributed by atoms with Gasteiger partial charge in [-0.2, -0.15) is 0 Å². The van der Waals surface area contributed by atoms with Crippen molar-refractivity contribution < 1.29 is 14.3 Å². The van der Waals surface area contributed by atoms with Gasteiger partial charge in [-0.05, 0) is 50.2 Å². The van der Waals surface area contributed by atoms with Crippen molar-refractivity contribution in [1.29, 1.82) is 0 Å². The number of hydrogen-bond donors (Lipinski definition) is 3. The molecular weight excluding hydrogens is 470 g/mol. The summed E-state index contributed by atoms with van der Waals surface area (Å²) in [5.74, 6) is 1.26. The van der Waals surface area contributed by atoms with Crippen molar-refractivity contribution in [2.75, 3.05) is 44.4 Å². The van der Waals surface area contributed by atoms with E-state index in [9.17, 15) is 9.59 Å². The molecule has 3 rings (SSSR count). The van der Waals surface area contributed by atoms with Gasteiger partial charge in [0.05, 0.1) is 19.2 Å². The molecule has 0 aliphatic heterocycles. The molecule has 37 heavy (non-hydrogen) atoms. The SMILES string of the molecule is CCN(CCN(C)Cc1nc(N[C@H](C(N)=O)C(C)C)c2ccccc2n1)C(=O)Nc1c#cccc1OC. The lowest BCUT2D eigenvalue weighted by atomic mass is 10.0. The molecular formula is C27H35N7O3. The minimum atomic E-state index is -0.557. The molecule has 10 nitrogen and oxygen atoms in total. The average molecular weight is 506 g/mol. The van der Waals surface area contributed by atoms with Gasteiger partial charge in [-0.15, -0.1) is 0 Å². The Bertz CT molecular complexity index is 1220. The van der Waals surface area contributed by atoms with Gasteiger partial charge in [0.1, 0.15) is 23.4 Å². The molecule has 10 heteroatoms. The van der Waals surface area contributed by atoms with Crippen molar-refractivity contribution in [2.45, 2.75) is 33.4 Å². The first-order valence-electron chi connectivity index (χ1n) is 12.3. The van der Waals surface area contributed by atoms with Gasteiger partial charge in [-0.1, -0.05) is 32.0 Å². The molecule has 0 fully saturated rings. The van der Waals surface area contributed by atoms with Crippen molar-refractivity contribution in [3.63, 3.8) is 0 Å². The highest BCUT2D eigenvalue weighted by Crippen LogP contribution is 2.23. The maximum Gasteiger partial charge on any atom is 0.322 e. The van der Waals surface area contributed by atoms with Crippen molar-refractivity contribution >= 4 is 34.3 Å². The highest BCUT2D eigenvalue weighted by atomic mass is 16.5. The molecule has 0 aliphatic carbocycles. The highest BCUT2D eigenvalue weighted by Gasteiger charge is 2.22. The van der Waals surface area contributed by atoms with Crippen molar-refractivity contribution in [3.8, 4) is 5.75 Å². The van der Waals surface area contributed by atoms with Gasteiger partial charge in [0, 0.05) is 25.0 Å². The Hall–Kier alpha value is -4.10. The number of urea groups is 1. The molecule has 0 radical (unpaired) electrons. The van der Waals surface area contributed by atoms with E-state index < -0.39 is 11.9 Å². The topological polar surface area (TPSA) is 126 Å². The minimum absolute atomic E-state index is 0.00475. The summed E-state index contributed by atoms with van der Waals surface area (Å²) in [7, 11) is 3.48. The molecule has 1 aromatic heterocycles. The summed E-state index contributed by atoms with van der Waals surface area (Å²) >= 11 is 0. The predicted molar refractivity (Wildman–Crippen MR) is 144 cm³/mol. The Balaban J connectivity index is 1.69. The zero-order valence-electron chi connectivity index (χ0n) is 22.0. The third-order valence-electron chi connectivity index (χ3n) is 5.96. The Morgan fingerprint density at radius 2 is 1.92 bits per heavy atom. The number of hydrogen-bond acceptors (Lipinski definition) is 7. The van der Waals surface area contributed by atoms with Crippen LogP contribution in [0.1, 0.15) is 26.6 Å². The van der Waals surface area contributed by atoms with Crippen LogP contribution in [-0.2, 0) is 11.3 Å². The van der Waals surface area contributed by atoms with Crippen molar-refractivity contribution in [1.82, 2.24) is 19.8 Å². The molecule has 0 aliphatic rings. The van der Waals surface area contributed by atoms with Crippen LogP contribution in [0.25, 0.3) is 10.9 Å². The van der Waals surface area contributed by atoms with E-state index in [2.05, 4.69) is 22.8 Å². The first kappa shape index (κ1) is 27.5. The maximum absolute atomic E-state index is 12.8. The molecule has 1 atom stereocenters. The van der Waals surface area contributed by atoms with Gasteiger partial charge in [-0.25, -0.2) is 14.8 Å². The van der Waals surface area contributed by atoms with E-state index in [0.717, 1.165) is 10.9 Å². The normalized spacial score (nSPS) is 11.8. The number of likely N-dealkylation sites (N-methyl/N-ethyl adjacent to an activating group) is 2. The number of nitrogens with two attached hydrogens (primary N) is 1. The number of amides is 3. The quantitative estimate of drug-likeness (QED) is 0.345. The number of ether oxygens (including phenoxy) is 1. The van der Waals surface area contributed by atoms with Gasteiger partial charge < -0.3 is 20.7 Å². The molecule has 4 N–H and O–H groups in total. The number of nitrogens with zero attached hydrogens (tertiary/aromatic N) is 4. The lowest BCUT2D eigenvalue weighted by Gasteiger charge is -2.25. The molecule has 0 saturated carbocycles. The van der Waals surface area contributed by atoms with E-state index in [1.807, 2.05) is 57.0 Å². The van der Waals surface area contributed by atoms with Crippen LogP contribution >= 0.6 is 0 Å². The summed E-state index contributed by atoms with van der Waals surface area (Å²) in [6.07, 6.45) is 0. The summed E-state index contributed by atoms with van der Waals surface area (Å²) in [5.41, 5.74) is 6.84. The number of carbonyl (C=O) groups is 2. The van der Waals surface area contributed by atoms with E-state index in [1.165, 1.54) is 7.11 Å². The predicted octanol–water partition coefficient (Wildman–Crippen LogP) is 3.15. The smallest absolute Gasteiger partial charge is 0.322 e. The molecule has 1 heterocycles. The van der Waals surface area contributed by atoms with Gasteiger partial charge in [-0.3, -0.25) is 15.0 Å². The average Bonchev–Trinajstić information content (AvgIpc) is 2.87. The van der Waals surface area contributed by atoms with Gasteiger partial charge in [0.25, 0.3) is 0 Å². The summed E-state index contributed by atoms with van der Waals surface area (Å²) in [4.78, 5) is 38.0. The van der Waals surface area contributed by atoms with Crippen molar-refractivity contribution in [2.24, 2.45) is 11.7 Å². The Labute approximate surface area is 218 Å². The van der Waals surface area contributed by atoms with Crippen LogP contribution in [0.5, 0.6) is 5.75 Å². The number of benzene rings is 1. The zero-order valence-corrected chi connectivity index (χ0v) is 22.0. The number of fused-ring (bicyclic) bond motifs is 1. The molecule has 3 amide bonds. The summed E-state index contributed by atoms with van der Waals surface area (Å²) in [5, 5.41) is 6.88. The molecule has 0 saturated heterocycles. The van der Waals surface area contributed by atoms with E-state index in [4.69, 9.17) is 20.4 Å². The summed E-state index contributed by atoms with van der Waals surface area (Å²) in [6.45, 7) is 7.86. The second-order valence-corrected chi connectivity index (χ2v) is 9.07. The van der Waals surface area contributed by atoms with Crippen LogP contribution in [0.3, 0.4) is 0 Å². The second kappa shape index (κ2) is 12.7. The van der Waals surface area contributed by atoms with Crippen LogP contribution in [0, 0.1) is 18.1 Å². The standard InChI is InChI=1S/C27H35N7O3/c1-6-34(27(36)30-21-13-9-10-14-22(21)37-5)16-15-33(4)17-23-29-20-12-8-7-11-19(20)26(31-23)32-24(18(2)3)25(28)35/h7-8,10-12,14,18,24H,6,15-17H2,1-5H3,(H2,28,35)(H,30,36)(H,29,31,32)/t24-/m0/s1. The van der Waals surface area contributed by atoms with Crippen LogP contribution in [0.2, 0.25) is 0 Å². The number of carbonyl (C=O) groups excluding carboxylic acids is 2. The van der Waals surface area contributed by atoms with Gasteiger partial charge >= 0.3 is 6.03 Å². The molecule has 196 valence electrons. The molecule has 0 bridgehead atoms. The lowest BCUT2D eigenvalue weighted by molar-refractivity contribution is -0.119. The number of para-hydroxylation sites is 1. The Kier molecular flexibility index (Phi) is 9.46. The summed E-state index contributed by atoms with van der Waals surface area (Å²) in [6, 6.07) is 15.9. The number of aromatic nitrogens is 2. The third kappa shape index (κ3) is 7.21. The third-order valence-corrected chi connectivity index (χ3v) is 5.96. The zero-order chi connectivity index (χ0) is 26.9. The second-order valence-electron chi connectivity index (χ2n) is 9.07. The van der Waals surface area contributed by atoms with Crippen LogP contribution in [0.15, 0.2) is 36.4 Å². The lowest BCUT2D eigenvalue weighted by Crippen LogP contribution is -2.40. The monoisotopic (exact) mass is 505 g/mol. The minimum Gasteiger partial charge on any atom is -0.494 e. The molecule has 2 aromatic carbocycles. The fourth-order valence-electron chi connectivity index (χ4n) is 3.86. The molecule has 0 unspecified atom stereocenters. The van der Waals surface area contributed by atoms with Crippen molar-refractivity contribution in [3.05, 3.63) is 54.4 Å². The van der Waals surface area contributed by atoms with E-state index in [1.54, 1.807) is 17.0 Å². The van der Waals surface area contributed by atoms with E-state index in [-0.39, 0.29) is 11.9 Å².